The number of carbonyl (C=O) groups excluding carboxylic acids is 1. The summed E-state index contributed by atoms with van der Waals surface area (Å²) in [5.74, 6) is 0.553. The Labute approximate surface area is 121 Å². The number of hydrogen-bond donors (Lipinski definition) is 1. The summed E-state index contributed by atoms with van der Waals surface area (Å²) < 4.78 is 0. The average Bonchev–Trinajstić information content (AvgIpc) is 3.20. The molecule has 0 heterocycles. The quantitative estimate of drug-likeness (QED) is 0.867. The molecule has 2 aromatic rings. The van der Waals surface area contributed by atoms with Crippen molar-refractivity contribution >= 4 is 40.0 Å². The van der Waals surface area contributed by atoms with E-state index < -0.39 is 0 Å². The lowest BCUT2D eigenvalue weighted by Gasteiger charge is -2.08. The zero-order chi connectivity index (χ0) is 13.2. The monoisotopic (exact) mass is 291 g/mol. The summed E-state index contributed by atoms with van der Waals surface area (Å²) in [5, 5.41) is 5.88. The van der Waals surface area contributed by atoms with E-state index in [1.807, 2.05) is 36.4 Å². The molecule has 2 nitrogen and oxygen atoms in total. The van der Waals surface area contributed by atoms with Gasteiger partial charge in [-0.15, -0.1) is 11.8 Å². The minimum Gasteiger partial charge on any atom is -0.353 e. The topological polar surface area (TPSA) is 29.1 Å². The van der Waals surface area contributed by atoms with E-state index in [9.17, 15) is 4.79 Å². The smallest absolute Gasteiger partial charge is 0.230 e. The van der Waals surface area contributed by atoms with Gasteiger partial charge in [0.05, 0.1) is 5.75 Å². The Morgan fingerprint density at radius 1 is 1.26 bits per heavy atom. The number of rotatable bonds is 4. The van der Waals surface area contributed by atoms with E-state index >= 15 is 0 Å². The van der Waals surface area contributed by atoms with Crippen LogP contribution in [0.25, 0.3) is 10.8 Å². The molecule has 1 saturated carbocycles. The van der Waals surface area contributed by atoms with Crippen molar-refractivity contribution in [3.05, 3.63) is 41.4 Å². The molecule has 1 aliphatic carbocycles. The highest BCUT2D eigenvalue weighted by atomic mass is 35.5. The van der Waals surface area contributed by atoms with E-state index in [0.717, 1.165) is 33.5 Å². The van der Waals surface area contributed by atoms with Gasteiger partial charge >= 0.3 is 0 Å². The summed E-state index contributed by atoms with van der Waals surface area (Å²) in [7, 11) is 0. The van der Waals surface area contributed by atoms with Crippen LogP contribution in [-0.4, -0.2) is 17.7 Å². The molecular weight excluding hydrogens is 278 g/mol. The molecule has 0 radical (unpaired) electrons. The third-order valence-corrected chi connectivity index (χ3v) is 4.49. The van der Waals surface area contributed by atoms with Crippen molar-refractivity contribution in [1.82, 2.24) is 5.32 Å². The van der Waals surface area contributed by atoms with E-state index in [1.165, 1.54) is 0 Å². The average molecular weight is 292 g/mol. The number of hydrogen-bond acceptors (Lipinski definition) is 2. The fourth-order valence-corrected chi connectivity index (χ4v) is 3.28. The Balaban J connectivity index is 1.78. The summed E-state index contributed by atoms with van der Waals surface area (Å²) in [4.78, 5) is 12.8. The SMILES string of the molecule is O=C(CSc1cccc2cccc(Cl)c12)NC1CC1. The van der Waals surface area contributed by atoms with E-state index in [2.05, 4.69) is 5.32 Å². The normalized spacial score (nSPS) is 14.6. The van der Waals surface area contributed by atoms with Crippen molar-refractivity contribution in [2.24, 2.45) is 0 Å². The Morgan fingerprint density at radius 3 is 2.74 bits per heavy atom. The van der Waals surface area contributed by atoms with Crippen LogP contribution >= 0.6 is 23.4 Å². The van der Waals surface area contributed by atoms with Crippen LogP contribution in [0.15, 0.2) is 41.3 Å². The third kappa shape index (κ3) is 3.04. The highest BCUT2D eigenvalue weighted by Gasteiger charge is 2.23. The van der Waals surface area contributed by atoms with Gasteiger partial charge in [-0.05, 0) is 30.4 Å². The molecule has 1 aliphatic rings. The first-order chi connectivity index (χ1) is 9.24. The van der Waals surface area contributed by atoms with Crippen LogP contribution in [0.2, 0.25) is 5.02 Å². The summed E-state index contributed by atoms with van der Waals surface area (Å²) >= 11 is 7.80. The lowest BCUT2D eigenvalue weighted by atomic mass is 10.1. The highest BCUT2D eigenvalue weighted by Crippen LogP contribution is 2.33. The first-order valence-corrected chi connectivity index (χ1v) is 7.70. The second-order valence-electron chi connectivity index (χ2n) is 4.72. The zero-order valence-electron chi connectivity index (χ0n) is 10.4. The lowest BCUT2D eigenvalue weighted by molar-refractivity contribution is -0.118. The molecule has 1 amide bonds. The summed E-state index contributed by atoms with van der Waals surface area (Å²) in [5.41, 5.74) is 0. The Bertz CT molecular complexity index is 619. The second-order valence-corrected chi connectivity index (χ2v) is 6.15. The number of benzene rings is 2. The van der Waals surface area contributed by atoms with Crippen molar-refractivity contribution in [2.75, 3.05) is 5.75 Å². The van der Waals surface area contributed by atoms with Gasteiger partial charge in [0.2, 0.25) is 5.91 Å². The molecule has 2 aromatic carbocycles. The number of nitrogens with one attached hydrogen (secondary N) is 1. The minimum absolute atomic E-state index is 0.108. The molecule has 0 aliphatic heterocycles. The first kappa shape index (κ1) is 12.8. The number of amides is 1. The lowest BCUT2D eigenvalue weighted by Crippen LogP contribution is -2.26. The number of carbonyl (C=O) groups is 1. The molecule has 0 bridgehead atoms. The second kappa shape index (κ2) is 5.43. The standard InChI is InChI=1S/C15H14ClNOS/c16-12-5-1-3-10-4-2-6-13(15(10)12)19-9-14(18)17-11-7-8-11/h1-6,11H,7-9H2,(H,17,18). The molecule has 19 heavy (non-hydrogen) atoms. The first-order valence-electron chi connectivity index (χ1n) is 6.33. The van der Waals surface area contributed by atoms with Crippen LogP contribution in [0, 0.1) is 0 Å². The van der Waals surface area contributed by atoms with E-state index in [4.69, 9.17) is 11.6 Å². The van der Waals surface area contributed by atoms with Crippen LogP contribution in [0.3, 0.4) is 0 Å². The summed E-state index contributed by atoms with van der Waals surface area (Å²) in [6.07, 6.45) is 2.24. The summed E-state index contributed by atoms with van der Waals surface area (Å²) in [6, 6.07) is 12.3. The molecule has 4 heteroatoms. The highest BCUT2D eigenvalue weighted by molar-refractivity contribution is 8.00. The molecule has 0 spiro atoms. The van der Waals surface area contributed by atoms with E-state index in [-0.39, 0.29) is 5.91 Å². The zero-order valence-corrected chi connectivity index (χ0v) is 11.9. The van der Waals surface area contributed by atoms with Crippen LogP contribution in [0.4, 0.5) is 0 Å². The number of thioether (sulfide) groups is 1. The Morgan fingerprint density at radius 2 is 2.00 bits per heavy atom. The van der Waals surface area contributed by atoms with Crippen molar-refractivity contribution in [2.45, 2.75) is 23.8 Å². The van der Waals surface area contributed by atoms with Crippen molar-refractivity contribution < 1.29 is 4.79 Å². The third-order valence-electron chi connectivity index (χ3n) is 3.12. The van der Waals surface area contributed by atoms with Gasteiger partial charge in [-0.1, -0.05) is 35.9 Å². The largest absolute Gasteiger partial charge is 0.353 e. The molecule has 1 N–H and O–H groups in total. The van der Waals surface area contributed by atoms with Crippen molar-refractivity contribution in [3.8, 4) is 0 Å². The van der Waals surface area contributed by atoms with Crippen LogP contribution in [0.5, 0.6) is 0 Å². The molecular formula is C15H14ClNOS. The number of fused-ring (bicyclic) bond motifs is 1. The van der Waals surface area contributed by atoms with E-state index in [0.29, 0.717) is 11.8 Å². The van der Waals surface area contributed by atoms with Gasteiger partial charge < -0.3 is 5.32 Å². The predicted molar refractivity (Wildman–Crippen MR) is 80.8 cm³/mol. The minimum atomic E-state index is 0.108. The molecule has 98 valence electrons. The van der Waals surface area contributed by atoms with Gasteiger partial charge in [0.1, 0.15) is 0 Å². The van der Waals surface area contributed by atoms with Gasteiger partial charge in [-0.25, -0.2) is 0 Å². The molecule has 0 atom stereocenters. The van der Waals surface area contributed by atoms with Crippen molar-refractivity contribution in [1.29, 1.82) is 0 Å². The predicted octanol–water partition coefficient (Wildman–Crippen LogP) is 3.86. The Kier molecular flexibility index (Phi) is 3.67. The van der Waals surface area contributed by atoms with Crippen LogP contribution in [0.1, 0.15) is 12.8 Å². The molecule has 0 unspecified atom stereocenters. The molecule has 3 rings (SSSR count). The van der Waals surface area contributed by atoms with Crippen molar-refractivity contribution in [3.63, 3.8) is 0 Å². The molecule has 0 aromatic heterocycles. The molecule has 1 fully saturated rings. The molecule has 0 saturated heterocycles. The Hall–Kier alpha value is -1.19. The van der Waals surface area contributed by atoms with E-state index in [1.54, 1.807) is 11.8 Å². The number of halogens is 1. The fraction of sp³-hybridized carbons (Fsp3) is 0.267. The summed E-state index contributed by atoms with van der Waals surface area (Å²) in [6.45, 7) is 0. The van der Waals surface area contributed by atoms with Gasteiger partial charge in [0, 0.05) is 21.3 Å². The van der Waals surface area contributed by atoms with Crippen LogP contribution in [-0.2, 0) is 4.79 Å². The fourth-order valence-electron chi connectivity index (χ4n) is 2.02. The maximum absolute atomic E-state index is 11.7. The van der Waals surface area contributed by atoms with Gasteiger partial charge in [-0.3, -0.25) is 4.79 Å². The van der Waals surface area contributed by atoms with Gasteiger partial charge in [0.15, 0.2) is 0 Å². The maximum Gasteiger partial charge on any atom is 0.230 e. The van der Waals surface area contributed by atoms with Crippen LogP contribution < -0.4 is 5.32 Å². The van der Waals surface area contributed by atoms with Gasteiger partial charge in [0.25, 0.3) is 0 Å². The van der Waals surface area contributed by atoms with Gasteiger partial charge in [-0.2, -0.15) is 0 Å². The maximum atomic E-state index is 11.7.